The molecule has 0 fully saturated rings. The van der Waals surface area contributed by atoms with Gasteiger partial charge in [0.05, 0.1) is 5.02 Å². The highest BCUT2D eigenvalue weighted by molar-refractivity contribution is 6.35. The summed E-state index contributed by atoms with van der Waals surface area (Å²) in [6.45, 7) is 5.96. The van der Waals surface area contributed by atoms with Gasteiger partial charge in [-0.25, -0.2) is 0 Å². The molecule has 0 aromatic heterocycles. The molecule has 0 bridgehead atoms. The molecule has 0 unspecified atom stereocenters. The zero-order chi connectivity index (χ0) is 18.4. The van der Waals surface area contributed by atoms with Gasteiger partial charge >= 0.3 is 0 Å². The lowest BCUT2D eigenvalue weighted by atomic mass is 9.86. The summed E-state index contributed by atoms with van der Waals surface area (Å²) in [5.41, 5.74) is 1.14. The number of fused-ring (bicyclic) bond motifs is 1. The van der Waals surface area contributed by atoms with Crippen molar-refractivity contribution in [3.05, 3.63) is 75.0 Å². The molecule has 0 saturated heterocycles. The second-order valence-electron chi connectivity index (χ2n) is 6.86. The fraction of sp³-hybridized carbons (Fsp3) is 0.200. The van der Waals surface area contributed by atoms with Crippen molar-refractivity contribution in [3.8, 4) is 5.75 Å². The maximum Gasteiger partial charge on any atom is 0.229 e. The van der Waals surface area contributed by atoms with Crippen LogP contribution >= 0.6 is 23.2 Å². The summed E-state index contributed by atoms with van der Waals surface area (Å²) in [7, 11) is 0. The maximum absolute atomic E-state index is 12.7. The quantitative estimate of drug-likeness (QED) is 0.683. The van der Waals surface area contributed by atoms with Gasteiger partial charge in [0.1, 0.15) is 5.75 Å². The normalized spacial score (nSPS) is 14.2. The highest BCUT2D eigenvalue weighted by atomic mass is 35.5. The van der Waals surface area contributed by atoms with Gasteiger partial charge in [-0.3, -0.25) is 9.59 Å². The first-order valence-corrected chi connectivity index (χ1v) is 8.51. The van der Waals surface area contributed by atoms with E-state index >= 15 is 0 Å². The van der Waals surface area contributed by atoms with Crippen LogP contribution in [0, 0.1) is 0 Å². The second kappa shape index (κ2) is 6.32. The van der Waals surface area contributed by atoms with E-state index in [1.807, 2.05) is 20.8 Å². The number of carbonyl (C=O) groups excluding carboxylic acids is 2. The Hall–Kier alpha value is -2.10. The zero-order valence-electron chi connectivity index (χ0n) is 14.0. The monoisotopic (exact) mass is 374 g/mol. The lowest BCUT2D eigenvalue weighted by Crippen LogP contribution is -2.21. The van der Waals surface area contributed by atoms with Crippen LogP contribution in [-0.2, 0) is 5.41 Å². The Morgan fingerprint density at radius 2 is 1.60 bits per heavy atom. The van der Waals surface area contributed by atoms with Crippen LogP contribution in [0.25, 0.3) is 0 Å². The Morgan fingerprint density at radius 3 is 2.24 bits per heavy atom. The van der Waals surface area contributed by atoms with Gasteiger partial charge in [0, 0.05) is 27.8 Å². The van der Waals surface area contributed by atoms with Crippen molar-refractivity contribution in [1.29, 1.82) is 0 Å². The van der Waals surface area contributed by atoms with E-state index in [4.69, 9.17) is 27.9 Å². The number of benzene rings is 2. The van der Waals surface area contributed by atoms with Crippen LogP contribution in [0.3, 0.4) is 0 Å². The van der Waals surface area contributed by atoms with Crippen molar-refractivity contribution in [3.63, 3.8) is 0 Å². The van der Waals surface area contributed by atoms with Crippen molar-refractivity contribution >= 4 is 34.8 Å². The van der Waals surface area contributed by atoms with Crippen LogP contribution in [0.15, 0.2) is 48.2 Å². The third-order valence-electron chi connectivity index (χ3n) is 3.95. The predicted molar refractivity (Wildman–Crippen MR) is 99.0 cm³/mol. The van der Waals surface area contributed by atoms with Crippen LogP contribution in [0.4, 0.5) is 0 Å². The lowest BCUT2D eigenvalue weighted by molar-refractivity contribution is 0.0946. The fourth-order valence-corrected chi connectivity index (χ4v) is 3.23. The summed E-state index contributed by atoms with van der Waals surface area (Å²) in [5.74, 6) is -0.322. The van der Waals surface area contributed by atoms with Gasteiger partial charge in [-0.2, -0.15) is 0 Å². The maximum atomic E-state index is 12.7. The topological polar surface area (TPSA) is 43.4 Å². The first kappa shape index (κ1) is 17.7. The third kappa shape index (κ3) is 3.35. The molecule has 0 amide bonds. The minimum atomic E-state index is -0.346. The first-order valence-electron chi connectivity index (χ1n) is 7.75. The lowest BCUT2D eigenvalue weighted by Gasteiger charge is -2.25. The molecule has 128 valence electrons. The van der Waals surface area contributed by atoms with E-state index in [2.05, 4.69) is 0 Å². The molecule has 25 heavy (non-hydrogen) atoms. The van der Waals surface area contributed by atoms with E-state index in [0.717, 1.165) is 5.56 Å². The molecule has 0 spiro atoms. The summed E-state index contributed by atoms with van der Waals surface area (Å²) in [4.78, 5) is 25.0. The smallest absolute Gasteiger partial charge is 0.229 e. The Morgan fingerprint density at radius 1 is 0.960 bits per heavy atom. The zero-order valence-corrected chi connectivity index (χ0v) is 15.5. The molecule has 0 heterocycles. The first-order chi connectivity index (χ1) is 11.7. The van der Waals surface area contributed by atoms with E-state index < -0.39 is 0 Å². The molecule has 3 rings (SSSR count). The minimum Gasteiger partial charge on any atom is -0.451 e. The van der Waals surface area contributed by atoms with Crippen molar-refractivity contribution in [2.75, 3.05) is 0 Å². The van der Waals surface area contributed by atoms with E-state index in [-0.39, 0.29) is 27.8 Å². The number of halogens is 2. The predicted octanol–water partition coefficient (Wildman–Crippen LogP) is 5.63. The van der Waals surface area contributed by atoms with Crippen molar-refractivity contribution in [1.82, 2.24) is 0 Å². The fourth-order valence-electron chi connectivity index (χ4n) is 2.70. The number of ketones is 2. The van der Waals surface area contributed by atoms with Gasteiger partial charge < -0.3 is 4.74 Å². The number of hydrogen-bond acceptors (Lipinski definition) is 3. The molecule has 1 aliphatic rings. The van der Waals surface area contributed by atoms with Gasteiger partial charge in [0.15, 0.2) is 11.5 Å². The van der Waals surface area contributed by atoms with Gasteiger partial charge in [-0.05, 0) is 17.5 Å². The molecule has 0 saturated carbocycles. The highest BCUT2D eigenvalue weighted by Gasteiger charge is 2.29. The van der Waals surface area contributed by atoms with Crippen molar-refractivity contribution < 1.29 is 14.3 Å². The minimum absolute atomic E-state index is 0.0431. The van der Waals surface area contributed by atoms with Gasteiger partial charge in [0.2, 0.25) is 5.78 Å². The van der Waals surface area contributed by atoms with Crippen LogP contribution in [0.1, 0.15) is 47.1 Å². The molecular formula is C20H16Cl2O3. The Bertz CT molecular complexity index is 921. The second-order valence-corrected chi connectivity index (χ2v) is 7.71. The van der Waals surface area contributed by atoms with Crippen LogP contribution in [0.2, 0.25) is 10.0 Å². The molecular weight excluding hydrogens is 359 g/mol. The average Bonchev–Trinajstić information content (AvgIpc) is 2.53. The molecule has 0 aliphatic heterocycles. The van der Waals surface area contributed by atoms with E-state index in [1.54, 1.807) is 36.4 Å². The Balaban J connectivity index is 2.08. The molecule has 0 atom stereocenters. The Kier molecular flexibility index (Phi) is 4.48. The van der Waals surface area contributed by atoms with E-state index in [0.29, 0.717) is 21.9 Å². The highest BCUT2D eigenvalue weighted by Crippen LogP contribution is 2.40. The number of ether oxygens (including phenoxy) is 1. The van der Waals surface area contributed by atoms with Gasteiger partial charge in [0.25, 0.3) is 0 Å². The van der Waals surface area contributed by atoms with Gasteiger partial charge in [-0.15, -0.1) is 0 Å². The molecule has 1 aliphatic carbocycles. The number of rotatable bonds is 2. The average molecular weight is 375 g/mol. The summed E-state index contributed by atoms with van der Waals surface area (Å²) in [6.07, 6.45) is 1.21. The Labute approximate surface area is 156 Å². The number of carbonyl (C=O) groups is 2. The SMILES string of the molecule is CC(C)(C)c1cc(Cl)cc(Cl)c1OC1=CC(=O)c2ccccc2C1=O. The summed E-state index contributed by atoms with van der Waals surface area (Å²) in [5, 5.41) is 0.769. The summed E-state index contributed by atoms with van der Waals surface area (Å²) < 4.78 is 5.84. The van der Waals surface area contributed by atoms with Gasteiger partial charge in [-0.1, -0.05) is 68.2 Å². The standard InChI is InChI=1S/C20H16Cl2O3/c1-20(2,3)14-8-11(21)9-15(22)19(14)25-17-10-16(23)12-6-4-5-7-13(12)18(17)24/h4-10H,1-3H3. The largest absolute Gasteiger partial charge is 0.451 e. The number of hydrogen-bond donors (Lipinski definition) is 0. The molecule has 2 aromatic rings. The number of allylic oxidation sites excluding steroid dienone is 2. The summed E-state index contributed by atoms with van der Waals surface area (Å²) in [6, 6.07) is 9.97. The molecule has 3 nitrogen and oxygen atoms in total. The molecule has 0 radical (unpaired) electrons. The van der Waals surface area contributed by atoms with Crippen molar-refractivity contribution in [2.45, 2.75) is 26.2 Å². The van der Waals surface area contributed by atoms with E-state index in [1.165, 1.54) is 6.08 Å². The van der Waals surface area contributed by atoms with Crippen LogP contribution < -0.4 is 4.74 Å². The van der Waals surface area contributed by atoms with Crippen LogP contribution in [-0.4, -0.2) is 11.6 Å². The van der Waals surface area contributed by atoms with Crippen molar-refractivity contribution in [2.24, 2.45) is 0 Å². The van der Waals surface area contributed by atoms with E-state index in [9.17, 15) is 9.59 Å². The van der Waals surface area contributed by atoms with Crippen LogP contribution in [0.5, 0.6) is 5.75 Å². The molecule has 5 heteroatoms. The third-order valence-corrected chi connectivity index (χ3v) is 4.45. The number of Topliss-reactive ketones (excluding diaryl/α,β-unsaturated/α-hetero) is 1. The molecule has 0 N–H and O–H groups in total. The summed E-state index contributed by atoms with van der Waals surface area (Å²) >= 11 is 12.4. The molecule has 2 aromatic carbocycles.